The van der Waals surface area contributed by atoms with Crippen LogP contribution in [-0.4, -0.2) is 116 Å². The van der Waals surface area contributed by atoms with Crippen molar-refractivity contribution >= 4 is 41.5 Å². The number of carboxylic acid groups (broad SMARTS) is 1. The lowest BCUT2D eigenvalue weighted by molar-refractivity contribution is -0.167. The maximum atomic E-state index is 13.7. The van der Waals surface area contributed by atoms with Gasteiger partial charge < -0.3 is 30.3 Å². The number of esters is 1. The van der Waals surface area contributed by atoms with E-state index in [4.69, 9.17) is 14.6 Å². The lowest BCUT2D eigenvalue weighted by Gasteiger charge is -2.27. The van der Waals surface area contributed by atoms with Crippen LogP contribution < -0.4 is 10.6 Å². The van der Waals surface area contributed by atoms with Gasteiger partial charge in [0, 0.05) is 25.6 Å². The number of nitrogens with zero attached hydrogens (tertiary/aromatic N) is 3. The molecule has 1 aromatic rings. The molecule has 2 heterocycles. The molecule has 6 atom stereocenters. The second kappa shape index (κ2) is 24.7. The second-order valence-corrected chi connectivity index (χ2v) is 14.9. The van der Waals surface area contributed by atoms with Crippen molar-refractivity contribution in [3.8, 4) is 5.75 Å². The molecule has 0 aromatic heterocycles. The Morgan fingerprint density at radius 2 is 1.76 bits per heavy atom. The first-order chi connectivity index (χ1) is 27.7. The van der Waals surface area contributed by atoms with E-state index in [1.807, 2.05) is 0 Å². The van der Waals surface area contributed by atoms with Crippen LogP contribution in [0.4, 0.5) is 0 Å². The summed E-state index contributed by atoms with van der Waals surface area (Å²) < 4.78 is 11.6. The first-order valence-corrected chi connectivity index (χ1v) is 20.5. The minimum atomic E-state index is -1.21. The van der Waals surface area contributed by atoms with Crippen LogP contribution in [-0.2, 0) is 38.2 Å². The summed E-state index contributed by atoms with van der Waals surface area (Å²) in [5.74, 6) is -4.89. The van der Waals surface area contributed by atoms with E-state index >= 15 is 0 Å². The maximum absolute atomic E-state index is 13.7. The normalized spacial score (nSPS) is 19.7. The molecule has 17 heteroatoms. The third-order valence-corrected chi connectivity index (χ3v) is 10.3. The van der Waals surface area contributed by atoms with Crippen LogP contribution in [0.3, 0.4) is 0 Å². The first kappa shape index (κ1) is 47.3. The molecule has 0 spiro atoms. The van der Waals surface area contributed by atoms with Gasteiger partial charge in [0.15, 0.2) is 6.04 Å². The largest absolute Gasteiger partial charge is 0.507 e. The van der Waals surface area contributed by atoms with E-state index in [0.717, 1.165) is 32.1 Å². The zero-order chi connectivity index (χ0) is 42.6. The molecule has 2 aliphatic heterocycles. The molecule has 3 rings (SSSR count). The summed E-state index contributed by atoms with van der Waals surface area (Å²) in [4.78, 5) is 80.6. The van der Waals surface area contributed by atoms with Gasteiger partial charge in [-0.25, -0.2) is 19.9 Å². The van der Waals surface area contributed by atoms with Crippen molar-refractivity contribution in [2.75, 3.05) is 13.1 Å². The van der Waals surface area contributed by atoms with Crippen molar-refractivity contribution in [3.05, 3.63) is 42.0 Å². The number of para-hydroxylation sites is 1. The highest BCUT2D eigenvalue weighted by molar-refractivity contribution is 6.01. The Morgan fingerprint density at radius 1 is 1.05 bits per heavy atom. The number of ether oxygens (including phenoxy) is 2. The van der Waals surface area contributed by atoms with E-state index in [2.05, 4.69) is 15.6 Å². The molecule has 6 N–H and O–H groups in total. The number of aliphatic carboxylic acids is 1. The van der Waals surface area contributed by atoms with E-state index < -0.39 is 71.8 Å². The molecule has 4 amide bonds. The number of amides is 4. The van der Waals surface area contributed by atoms with Gasteiger partial charge in [-0.1, -0.05) is 57.7 Å². The third kappa shape index (κ3) is 15.4. The van der Waals surface area contributed by atoms with Crippen molar-refractivity contribution in [2.24, 2.45) is 10.9 Å². The lowest BCUT2D eigenvalue weighted by atomic mass is 10.00. The number of carbonyl (C=O) groups is 6. The topological polar surface area (TPSA) is 245 Å². The number of allylic oxidation sites excluding steroid dienone is 1. The summed E-state index contributed by atoms with van der Waals surface area (Å²) in [6, 6.07) is 3.17. The van der Waals surface area contributed by atoms with Gasteiger partial charge in [-0.3, -0.25) is 34.4 Å². The molecule has 6 unspecified atom stereocenters. The number of aliphatic imine (C=N–C) groups is 1. The number of carboxylic acids is 1. The van der Waals surface area contributed by atoms with E-state index in [1.54, 1.807) is 45.0 Å². The Bertz CT molecular complexity index is 1600. The Morgan fingerprint density at radius 3 is 2.47 bits per heavy atom. The van der Waals surface area contributed by atoms with Crippen LogP contribution in [0.5, 0.6) is 5.75 Å². The molecule has 0 aliphatic carbocycles. The molecular weight excluding hydrogens is 754 g/mol. The summed E-state index contributed by atoms with van der Waals surface area (Å²) in [5.41, 5.74) is 0.301. The van der Waals surface area contributed by atoms with Crippen LogP contribution in [0.25, 0.3) is 0 Å². The number of benzene rings is 1. The molecular formula is C41H61N5O12. The van der Waals surface area contributed by atoms with Gasteiger partial charge in [-0.2, -0.15) is 0 Å². The first-order valence-electron chi connectivity index (χ1n) is 20.5. The number of rotatable bonds is 24. The fraction of sp³-hybridized carbons (Fsp3) is 0.634. The number of carbonyl (C=O) groups excluding carboxylic acids is 5. The Kier molecular flexibility index (Phi) is 20.1. The number of unbranched alkanes of at least 4 members (excludes halogenated alkanes) is 7. The van der Waals surface area contributed by atoms with Crippen LogP contribution in [0.2, 0.25) is 0 Å². The summed E-state index contributed by atoms with van der Waals surface area (Å²) in [6.45, 7) is 5.04. The average Bonchev–Trinajstić information content (AvgIpc) is 3.52. The SMILES string of the molecule is CCC(OC(=O)C(CCCCN(O)C(=O)/C=C\CCCCCCCCC(=O)O)NC(=O)C1N=C(c2ccccc2O)OC1C)C(C)C(=O)NC1CCCCN(O)C1=O. The molecule has 58 heavy (non-hydrogen) atoms. The van der Waals surface area contributed by atoms with Crippen molar-refractivity contribution in [1.82, 2.24) is 20.8 Å². The minimum Gasteiger partial charge on any atom is -0.507 e. The number of hydrogen-bond acceptors (Lipinski definition) is 12. The van der Waals surface area contributed by atoms with Crippen LogP contribution in [0.15, 0.2) is 41.4 Å². The van der Waals surface area contributed by atoms with Gasteiger partial charge in [0.05, 0.1) is 11.5 Å². The van der Waals surface area contributed by atoms with Crippen molar-refractivity contribution in [1.29, 1.82) is 0 Å². The highest BCUT2D eigenvalue weighted by Gasteiger charge is 2.38. The summed E-state index contributed by atoms with van der Waals surface area (Å²) in [5, 5.41) is 45.9. The monoisotopic (exact) mass is 815 g/mol. The Labute approximate surface area is 339 Å². The number of nitrogens with one attached hydrogen (secondary N) is 2. The van der Waals surface area contributed by atoms with Crippen LogP contribution >= 0.6 is 0 Å². The molecule has 1 fully saturated rings. The molecule has 0 bridgehead atoms. The van der Waals surface area contributed by atoms with Gasteiger partial charge in [0.1, 0.15) is 30.0 Å². The lowest BCUT2D eigenvalue weighted by Crippen LogP contribution is -2.51. The molecule has 322 valence electrons. The zero-order valence-electron chi connectivity index (χ0n) is 33.8. The second-order valence-electron chi connectivity index (χ2n) is 14.9. The Balaban J connectivity index is 1.60. The van der Waals surface area contributed by atoms with Crippen molar-refractivity contribution in [2.45, 2.75) is 147 Å². The average molecular weight is 816 g/mol. The number of hydrogen-bond donors (Lipinski definition) is 6. The predicted octanol–water partition coefficient (Wildman–Crippen LogP) is 4.41. The highest BCUT2D eigenvalue weighted by Crippen LogP contribution is 2.25. The summed E-state index contributed by atoms with van der Waals surface area (Å²) >= 11 is 0. The number of phenols is 1. The highest BCUT2D eigenvalue weighted by atomic mass is 16.5. The number of phenolic OH excluding ortho intramolecular Hbond substituents is 1. The van der Waals surface area contributed by atoms with Gasteiger partial charge >= 0.3 is 11.9 Å². The molecule has 0 radical (unpaired) electrons. The van der Waals surface area contributed by atoms with E-state index in [0.29, 0.717) is 47.8 Å². The van der Waals surface area contributed by atoms with Crippen molar-refractivity contribution < 1.29 is 58.9 Å². The minimum absolute atomic E-state index is 0.0447. The van der Waals surface area contributed by atoms with E-state index in [9.17, 15) is 44.3 Å². The zero-order valence-corrected chi connectivity index (χ0v) is 33.8. The molecule has 0 saturated carbocycles. The Hall–Kier alpha value is -5.03. The van der Waals surface area contributed by atoms with Crippen LogP contribution in [0.1, 0.15) is 123 Å². The molecule has 1 aromatic carbocycles. The smallest absolute Gasteiger partial charge is 0.328 e. The molecule has 17 nitrogen and oxygen atoms in total. The predicted molar refractivity (Wildman–Crippen MR) is 211 cm³/mol. The molecule has 2 aliphatic rings. The quantitative estimate of drug-likeness (QED) is 0.0280. The molecule has 1 saturated heterocycles. The van der Waals surface area contributed by atoms with E-state index in [1.165, 1.54) is 12.1 Å². The van der Waals surface area contributed by atoms with Gasteiger partial charge in [-0.15, -0.1) is 0 Å². The number of hydroxylamine groups is 4. The van der Waals surface area contributed by atoms with Gasteiger partial charge in [0.2, 0.25) is 17.7 Å². The van der Waals surface area contributed by atoms with Gasteiger partial charge in [0.25, 0.3) is 11.8 Å². The van der Waals surface area contributed by atoms with Gasteiger partial charge in [-0.05, 0) is 83.3 Å². The fourth-order valence-corrected chi connectivity index (χ4v) is 6.70. The standard InChI is InChI=1S/C41H61N5O12/c1-4-33(27(2)37(51)42-30-20-15-18-26-46(56)40(30)53)58-41(54)31(43-38(52)36-28(3)57-39(44-36)29-19-13-14-22-32(29)47)21-16-17-25-45(55)34(48)23-11-9-7-5-6-8-10-12-24-35(49)50/h11,13-14,19,22-23,27-28,30-31,33,36,47,55-56H,4-10,12,15-18,20-21,24-26H2,1-3H3,(H,42,51)(H,43,52)(H,49,50)/b23-11-. The number of aromatic hydroxyl groups is 1. The third-order valence-electron chi connectivity index (χ3n) is 10.3. The van der Waals surface area contributed by atoms with E-state index in [-0.39, 0.29) is 56.8 Å². The maximum Gasteiger partial charge on any atom is 0.328 e. The summed E-state index contributed by atoms with van der Waals surface area (Å²) in [6.07, 6.45) is 9.81. The fourth-order valence-electron chi connectivity index (χ4n) is 6.70. The summed E-state index contributed by atoms with van der Waals surface area (Å²) in [7, 11) is 0. The van der Waals surface area contributed by atoms with Crippen molar-refractivity contribution in [3.63, 3.8) is 0 Å². The van der Waals surface area contributed by atoms with Crippen LogP contribution in [0, 0.1) is 5.92 Å².